The van der Waals surface area contributed by atoms with Crippen LogP contribution in [0.1, 0.15) is 12.8 Å². The van der Waals surface area contributed by atoms with Crippen molar-refractivity contribution < 1.29 is 9.53 Å². The number of carbonyl (C=O) groups is 1. The van der Waals surface area contributed by atoms with E-state index in [4.69, 9.17) is 4.74 Å². The van der Waals surface area contributed by atoms with Crippen molar-refractivity contribution in [2.24, 2.45) is 5.92 Å². The quantitative estimate of drug-likeness (QED) is 0.795. The molecule has 1 aliphatic carbocycles. The first-order valence-electron chi connectivity index (χ1n) is 4.74. The maximum atomic E-state index is 11.2. The monoisotopic (exact) mass is 190 g/mol. The number of hydrogen-bond donors (Lipinski definition) is 1. The summed E-state index contributed by atoms with van der Waals surface area (Å²) in [5.74, 6) is 0.600. The van der Waals surface area contributed by atoms with Gasteiger partial charge in [0.05, 0.1) is 6.61 Å². The van der Waals surface area contributed by atoms with E-state index in [0.29, 0.717) is 18.2 Å². The van der Waals surface area contributed by atoms with Crippen LogP contribution in [0.2, 0.25) is 0 Å². The highest BCUT2D eigenvalue weighted by atomic mass is 16.5. The van der Waals surface area contributed by atoms with Gasteiger partial charge in [0.25, 0.3) is 0 Å². The van der Waals surface area contributed by atoms with Gasteiger partial charge in [-0.15, -0.1) is 0 Å². The topological polar surface area (TPSA) is 38.3 Å². The molecule has 0 spiro atoms. The first-order valence-corrected chi connectivity index (χ1v) is 4.74. The molecule has 0 heterocycles. The number of rotatable bonds is 3. The summed E-state index contributed by atoms with van der Waals surface area (Å²) in [7, 11) is 0. The molecule has 1 aliphatic rings. The van der Waals surface area contributed by atoms with Crippen molar-refractivity contribution in [2.75, 3.05) is 11.9 Å². The number of hydrogen-bond acceptors (Lipinski definition) is 2. The molecule has 0 saturated heterocycles. The van der Waals surface area contributed by atoms with Crippen LogP contribution >= 0.6 is 0 Å². The Kier molecular flexibility index (Phi) is 2.68. The summed E-state index contributed by atoms with van der Waals surface area (Å²) in [6.07, 6.45) is 2.00. The van der Waals surface area contributed by atoms with Gasteiger partial charge in [0.15, 0.2) is 0 Å². The molecule has 0 unspecified atom stereocenters. The molecule has 14 heavy (non-hydrogen) atoms. The van der Waals surface area contributed by atoms with Crippen molar-refractivity contribution in [1.29, 1.82) is 0 Å². The van der Waals surface area contributed by atoms with E-state index < -0.39 is 0 Å². The highest BCUT2D eigenvalue weighted by molar-refractivity contribution is 5.84. The van der Waals surface area contributed by atoms with E-state index in [-0.39, 0.29) is 6.09 Å². The molecule has 1 aromatic rings. The molecule has 3 heteroatoms. The van der Waals surface area contributed by atoms with E-state index in [1.54, 1.807) is 18.2 Å². The lowest BCUT2D eigenvalue weighted by Crippen LogP contribution is -2.14. The van der Waals surface area contributed by atoms with Crippen molar-refractivity contribution in [3.8, 4) is 0 Å². The van der Waals surface area contributed by atoms with Crippen molar-refractivity contribution in [3.63, 3.8) is 0 Å². The van der Waals surface area contributed by atoms with Gasteiger partial charge in [-0.25, -0.2) is 4.79 Å². The lowest BCUT2D eigenvalue weighted by Gasteiger charge is -2.05. The molecule has 1 saturated carbocycles. The maximum Gasteiger partial charge on any atom is 0.411 e. The van der Waals surface area contributed by atoms with Gasteiger partial charge >= 0.3 is 6.09 Å². The number of amides is 1. The summed E-state index contributed by atoms with van der Waals surface area (Å²) < 4.78 is 5.01. The minimum absolute atomic E-state index is 0.378. The van der Waals surface area contributed by atoms with Crippen LogP contribution in [0.5, 0.6) is 0 Å². The van der Waals surface area contributed by atoms with Crippen molar-refractivity contribution in [3.05, 3.63) is 30.3 Å². The third-order valence-corrected chi connectivity index (χ3v) is 2.10. The number of nitrogens with one attached hydrogen (secondary N) is 1. The Bertz CT molecular complexity index is 306. The van der Waals surface area contributed by atoms with Gasteiger partial charge in [-0.1, -0.05) is 12.1 Å². The maximum absolute atomic E-state index is 11.2. The predicted molar refractivity (Wildman–Crippen MR) is 53.0 cm³/mol. The first kappa shape index (κ1) is 9.06. The standard InChI is InChI=1S/C11H12NO2/c13-11(14-8-9-6-7-9)12-10-4-2-1-3-5-10/h1-2,4-5,9H,6-8H2,(H,12,13). The van der Waals surface area contributed by atoms with Crippen LogP contribution in [-0.4, -0.2) is 12.7 Å². The number of anilines is 1. The SMILES string of the molecule is O=C(Nc1c[c]ccc1)OCC1CC1. The fraction of sp³-hybridized carbons (Fsp3) is 0.364. The van der Waals surface area contributed by atoms with Gasteiger partial charge in [0.1, 0.15) is 0 Å². The van der Waals surface area contributed by atoms with E-state index in [1.807, 2.05) is 6.07 Å². The molecule has 2 rings (SSSR count). The van der Waals surface area contributed by atoms with Gasteiger partial charge in [0.2, 0.25) is 0 Å². The highest BCUT2D eigenvalue weighted by Crippen LogP contribution is 2.28. The third kappa shape index (κ3) is 2.76. The Morgan fingerprint density at radius 3 is 3.14 bits per heavy atom. The van der Waals surface area contributed by atoms with Crippen LogP contribution in [0, 0.1) is 12.0 Å². The number of carbonyl (C=O) groups excluding carboxylic acids is 1. The van der Waals surface area contributed by atoms with Crippen LogP contribution in [-0.2, 0) is 4.74 Å². The summed E-state index contributed by atoms with van der Waals surface area (Å²) in [4.78, 5) is 11.2. The third-order valence-electron chi connectivity index (χ3n) is 2.10. The van der Waals surface area contributed by atoms with E-state index in [1.165, 1.54) is 12.8 Å². The van der Waals surface area contributed by atoms with E-state index in [2.05, 4.69) is 11.4 Å². The Labute approximate surface area is 83.1 Å². The van der Waals surface area contributed by atoms with Crippen LogP contribution in [0.25, 0.3) is 0 Å². The Balaban J connectivity index is 1.76. The number of ether oxygens (including phenoxy) is 1. The zero-order valence-corrected chi connectivity index (χ0v) is 7.82. The molecule has 1 amide bonds. The summed E-state index contributed by atoms with van der Waals surface area (Å²) in [6.45, 7) is 0.544. The van der Waals surface area contributed by atoms with Crippen LogP contribution in [0.15, 0.2) is 24.3 Å². The normalized spacial score (nSPS) is 14.9. The zero-order chi connectivity index (χ0) is 9.80. The largest absolute Gasteiger partial charge is 0.449 e. The first-order chi connectivity index (χ1) is 6.84. The van der Waals surface area contributed by atoms with Crippen molar-refractivity contribution >= 4 is 11.8 Å². The molecular formula is C11H12NO2. The lowest BCUT2D eigenvalue weighted by molar-refractivity contribution is 0.156. The summed E-state index contributed by atoms with van der Waals surface area (Å²) in [5, 5.41) is 2.63. The molecule has 1 fully saturated rings. The summed E-state index contributed by atoms with van der Waals surface area (Å²) in [5.41, 5.74) is 0.716. The lowest BCUT2D eigenvalue weighted by atomic mass is 10.3. The van der Waals surface area contributed by atoms with E-state index in [9.17, 15) is 4.79 Å². The second kappa shape index (κ2) is 4.13. The highest BCUT2D eigenvalue weighted by Gasteiger charge is 2.22. The number of benzene rings is 1. The fourth-order valence-corrected chi connectivity index (χ4v) is 1.10. The second-order valence-electron chi connectivity index (χ2n) is 3.46. The van der Waals surface area contributed by atoms with Gasteiger partial charge in [-0.2, -0.15) is 0 Å². The van der Waals surface area contributed by atoms with Gasteiger partial charge in [0, 0.05) is 5.69 Å². The molecule has 0 atom stereocenters. The van der Waals surface area contributed by atoms with E-state index in [0.717, 1.165) is 0 Å². The van der Waals surface area contributed by atoms with Gasteiger partial charge in [-0.05, 0) is 37.0 Å². The zero-order valence-electron chi connectivity index (χ0n) is 7.82. The Hall–Kier alpha value is -1.51. The van der Waals surface area contributed by atoms with Gasteiger partial charge < -0.3 is 4.74 Å². The minimum Gasteiger partial charge on any atom is -0.449 e. The molecule has 1 aromatic carbocycles. The Morgan fingerprint density at radius 2 is 2.50 bits per heavy atom. The average Bonchev–Trinajstić information content (AvgIpc) is 3.00. The van der Waals surface area contributed by atoms with Crippen molar-refractivity contribution in [1.82, 2.24) is 0 Å². The van der Waals surface area contributed by atoms with Gasteiger partial charge in [-0.3, -0.25) is 5.32 Å². The molecule has 0 bridgehead atoms. The molecule has 73 valence electrons. The van der Waals surface area contributed by atoms with Crippen LogP contribution in [0.4, 0.5) is 10.5 Å². The van der Waals surface area contributed by atoms with Crippen LogP contribution < -0.4 is 5.32 Å². The molecule has 0 aliphatic heterocycles. The summed E-state index contributed by atoms with van der Waals surface area (Å²) >= 11 is 0. The molecular weight excluding hydrogens is 178 g/mol. The smallest absolute Gasteiger partial charge is 0.411 e. The minimum atomic E-state index is -0.378. The molecule has 0 aromatic heterocycles. The predicted octanol–water partition coefficient (Wildman–Crippen LogP) is 2.45. The molecule has 1 N–H and O–H groups in total. The summed E-state index contributed by atoms with van der Waals surface area (Å²) in [6, 6.07) is 9.97. The fourth-order valence-electron chi connectivity index (χ4n) is 1.10. The van der Waals surface area contributed by atoms with Crippen LogP contribution in [0.3, 0.4) is 0 Å². The van der Waals surface area contributed by atoms with Crippen molar-refractivity contribution in [2.45, 2.75) is 12.8 Å². The molecule has 3 nitrogen and oxygen atoms in total. The van der Waals surface area contributed by atoms with E-state index >= 15 is 0 Å². The second-order valence-corrected chi connectivity index (χ2v) is 3.46. The average molecular weight is 190 g/mol. The Morgan fingerprint density at radius 1 is 1.64 bits per heavy atom. The molecule has 1 radical (unpaired) electrons.